The van der Waals surface area contributed by atoms with E-state index in [-0.39, 0.29) is 17.8 Å². The fourth-order valence-corrected chi connectivity index (χ4v) is 1.58. The van der Waals surface area contributed by atoms with Crippen LogP contribution in [0.5, 0.6) is 0 Å². The Morgan fingerprint density at radius 3 is 2.50 bits per heavy atom. The Labute approximate surface area is 84.7 Å². The number of esters is 1. The van der Waals surface area contributed by atoms with E-state index in [0.717, 1.165) is 0 Å². The van der Waals surface area contributed by atoms with Crippen LogP contribution in [0.15, 0.2) is 0 Å². The zero-order valence-corrected chi connectivity index (χ0v) is 9.56. The van der Waals surface area contributed by atoms with Crippen molar-refractivity contribution in [2.75, 3.05) is 25.7 Å². The Hall–Kier alpha value is -0.620. The first-order chi connectivity index (χ1) is 6.37. The summed E-state index contributed by atoms with van der Waals surface area (Å²) in [6, 6.07) is -0.389. The molecule has 0 fully saturated rings. The lowest BCUT2D eigenvalue weighted by atomic mass is 10.3. The van der Waals surface area contributed by atoms with E-state index in [4.69, 9.17) is 0 Å². The second-order valence-corrected chi connectivity index (χ2v) is 5.44. The lowest BCUT2D eigenvalue weighted by Gasteiger charge is -2.10. The van der Waals surface area contributed by atoms with Gasteiger partial charge in [-0.15, -0.1) is 0 Å². The standard InChI is InChI=1S/C8H17NO4S/c1-7(8(10)13-2)9-5-4-6-14(3,11)12/h7,9H,4-6H2,1-3H3. The number of rotatable bonds is 6. The van der Waals surface area contributed by atoms with Gasteiger partial charge in [-0.25, -0.2) is 8.42 Å². The van der Waals surface area contributed by atoms with Crippen molar-refractivity contribution in [1.82, 2.24) is 5.32 Å². The van der Waals surface area contributed by atoms with Gasteiger partial charge in [-0.1, -0.05) is 0 Å². The molecule has 1 N–H and O–H groups in total. The maximum absolute atomic E-state index is 10.9. The molecule has 0 saturated heterocycles. The lowest BCUT2D eigenvalue weighted by molar-refractivity contribution is -0.142. The molecule has 0 bridgehead atoms. The van der Waals surface area contributed by atoms with Crippen molar-refractivity contribution in [3.63, 3.8) is 0 Å². The molecule has 6 heteroatoms. The predicted octanol–water partition coefficient (Wildman–Crippen LogP) is -0.428. The van der Waals surface area contributed by atoms with Crippen molar-refractivity contribution in [3.05, 3.63) is 0 Å². The Balaban J connectivity index is 3.60. The molecule has 0 saturated carbocycles. The predicted molar refractivity (Wildman–Crippen MR) is 53.8 cm³/mol. The number of hydrogen-bond donors (Lipinski definition) is 1. The smallest absolute Gasteiger partial charge is 0.322 e. The fraction of sp³-hybridized carbons (Fsp3) is 0.875. The molecule has 0 aliphatic carbocycles. The fourth-order valence-electron chi connectivity index (χ4n) is 0.913. The summed E-state index contributed by atoms with van der Waals surface area (Å²) >= 11 is 0. The van der Waals surface area contributed by atoms with Crippen LogP contribution >= 0.6 is 0 Å². The zero-order valence-electron chi connectivity index (χ0n) is 8.74. The van der Waals surface area contributed by atoms with Gasteiger partial charge in [-0.2, -0.15) is 0 Å². The highest BCUT2D eigenvalue weighted by atomic mass is 32.2. The molecule has 0 rings (SSSR count). The van der Waals surface area contributed by atoms with Crippen molar-refractivity contribution in [2.45, 2.75) is 19.4 Å². The molecule has 5 nitrogen and oxygen atoms in total. The van der Waals surface area contributed by atoms with E-state index in [9.17, 15) is 13.2 Å². The lowest BCUT2D eigenvalue weighted by Crippen LogP contribution is -2.35. The van der Waals surface area contributed by atoms with E-state index < -0.39 is 9.84 Å². The monoisotopic (exact) mass is 223 g/mol. The van der Waals surface area contributed by atoms with E-state index in [2.05, 4.69) is 10.1 Å². The van der Waals surface area contributed by atoms with Crippen LogP contribution in [0, 0.1) is 0 Å². The van der Waals surface area contributed by atoms with Crippen LogP contribution < -0.4 is 5.32 Å². The van der Waals surface area contributed by atoms with Gasteiger partial charge in [0.05, 0.1) is 12.9 Å². The highest BCUT2D eigenvalue weighted by Gasteiger charge is 2.11. The third-order valence-electron chi connectivity index (χ3n) is 1.70. The van der Waals surface area contributed by atoms with Gasteiger partial charge in [0.1, 0.15) is 15.9 Å². The van der Waals surface area contributed by atoms with Crippen LogP contribution in [0.3, 0.4) is 0 Å². The minimum absolute atomic E-state index is 0.133. The maximum Gasteiger partial charge on any atom is 0.322 e. The molecule has 0 radical (unpaired) electrons. The van der Waals surface area contributed by atoms with Crippen LogP contribution in [0.2, 0.25) is 0 Å². The molecule has 0 aromatic rings. The molecule has 0 aliphatic heterocycles. The van der Waals surface area contributed by atoms with Gasteiger partial charge >= 0.3 is 5.97 Å². The highest BCUT2D eigenvalue weighted by molar-refractivity contribution is 7.90. The molecule has 1 atom stereocenters. The molecule has 0 aromatic carbocycles. The molecule has 1 unspecified atom stereocenters. The first-order valence-corrected chi connectivity index (χ1v) is 6.42. The normalized spacial score (nSPS) is 13.6. The van der Waals surface area contributed by atoms with Crippen molar-refractivity contribution in [3.8, 4) is 0 Å². The second-order valence-electron chi connectivity index (χ2n) is 3.18. The Kier molecular flexibility index (Phi) is 5.71. The van der Waals surface area contributed by atoms with Crippen molar-refractivity contribution in [1.29, 1.82) is 0 Å². The second kappa shape index (κ2) is 5.98. The van der Waals surface area contributed by atoms with Gasteiger partial charge in [-0.05, 0) is 19.9 Å². The first-order valence-electron chi connectivity index (χ1n) is 4.36. The summed E-state index contributed by atoms with van der Waals surface area (Å²) in [5.41, 5.74) is 0. The van der Waals surface area contributed by atoms with Crippen molar-refractivity contribution < 1.29 is 17.9 Å². The molecular weight excluding hydrogens is 206 g/mol. The van der Waals surface area contributed by atoms with Crippen LogP contribution in [-0.4, -0.2) is 46.1 Å². The summed E-state index contributed by atoms with van der Waals surface area (Å²) in [6.45, 7) is 2.16. The quantitative estimate of drug-likeness (QED) is 0.489. The van der Waals surface area contributed by atoms with Gasteiger partial charge < -0.3 is 10.1 Å². The van der Waals surface area contributed by atoms with E-state index in [1.54, 1.807) is 6.92 Å². The Morgan fingerprint density at radius 1 is 1.50 bits per heavy atom. The summed E-state index contributed by atoms with van der Waals surface area (Å²) in [7, 11) is -1.59. The van der Waals surface area contributed by atoms with Crippen LogP contribution in [-0.2, 0) is 19.4 Å². The molecular formula is C8H17NO4S. The van der Waals surface area contributed by atoms with E-state index in [1.165, 1.54) is 13.4 Å². The number of hydrogen-bond acceptors (Lipinski definition) is 5. The third kappa shape index (κ3) is 6.85. The average Bonchev–Trinajstić information content (AvgIpc) is 2.09. The summed E-state index contributed by atoms with van der Waals surface area (Å²) in [6.07, 6.45) is 1.69. The summed E-state index contributed by atoms with van der Waals surface area (Å²) in [5, 5.41) is 2.87. The molecule has 0 heterocycles. The van der Waals surface area contributed by atoms with Gasteiger partial charge in [0.25, 0.3) is 0 Å². The number of nitrogens with one attached hydrogen (secondary N) is 1. The van der Waals surface area contributed by atoms with Gasteiger partial charge in [0.15, 0.2) is 0 Å². The summed E-state index contributed by atoms with van der Waals surface area (Å²) < 4.78 is 26.0. The van der Waals surface area contributed by atoms with E-state index in [1.807, 2.05) is 0 Å². The Morgan fingerprint density at radius 2 is 2.07 bits per heavy atom. The summed E-state index contributed by atoms with van der Waals surface area (Å²) in [5.74, 6) is -0.210. The van der Waals surface area contributed by atoms with Crippen LogP contribution in [0.4, 0.5) is 0 Å². The molecule has 0 amide bonds. The summed E-state index contributed by atoms with van der Waals surface area (Å²) in [4.78, 5) is 10.9. The largest absolute Gasteiger partial charge is 0.468 e. The molecule has 84 valence electrons. The van der Waals surface area contributed by atoms with E-state index in [0.29, 0.717) is 13.0 Å². The van der Waals surface area contributed by atoms with Crippen LogP contribution in [0.1, 0.15) is 13.3 Å². The first kappa shape index (κ1) is 13.4. The zero-order chi connectivity index (χ0) is 11.2. The van der Waals surface area contributed by atoms with Gasteiger partial charge in [-0.3, -0.25) is 4.79 Å². The molecule has 0 aliphatic rings. The highest BCUT2D eigenvalue weighted by Crippen LogP contribution is 1.90. The molecule has 0 spiro atoms. The van der Waals surface area contributed by atoms with Crippen molar-refractivity contribution >= 4 is 15.8 Å². The number of ether oxygens (including phenoxy) is 1. The SMILES string of the molecule is COC(=O)C(C)NCCCS(C)(=O)=O. The topological polar surface area (TPSA) is 72.5 Å². The van der Waals surface area contributed by atoms with Crippen molar-refractivity contribution in [2.24, 2.45) is 0 Å². The number of methoxy groups -OCH3 is 1. The number of carbonyl (C=O) groups is 1. The average molecular weight is 223 g/mol. The molecule has 14 heavy (non-hydrogen) atoms. The third-order valence-corrected chi connectivity index (χ3v) is 2.73. The van der Waals surface area contributed by atoms with Crippen LogP contribution in [0.25, 0.3) is 0 Å². The Bertz CT molecular complexity index is 273. The number of sulfone groups is 1. The van der Waals surface area contributed by atoms with E-state index >= 15 is 0 Å². The minimum Gasteiger partial charge on any atom is -0.468 e. The minimum atomic E-state index is -2.90. The van der Waals surface area contributed by atoms with Gasteiger partial charge in [0, 0.05) is 6.26 Å². The number of carbonyl (C=O) groups excluding carboxylic acids is 1. The maximum atomic E-state index is 10.9. The molecule has 0 aromatic heterocycles. The van der Waals surface area contributed by atoms with Gasteiger partial charge in [0.2, 0.25) is 0 Å².